The fourth-order valence-electron chi connectivity index (χ4n) is 2.58. The van der Waals surface area contributed by atoms with Crippen molar-refractivity contribution in [3.63, 3.8) is 0 Å². The van der Waals surface area contributed by atoms with E-state index in [9.17, 15) is 10.1 Å². The molecular weight excluding hydrogens is 292 g/mol. The fraction of sp³-hybridized carbons (Fsp3) is 0.235. The van der Waals surface area contributed by atoms with Gasteiger partial charge in [0.25, 0.3) is 5.69 Å². The third-order valence-electron chi connectivity index (χ3n) is 3.83. The fourth-order valence-corrected chi connectivity index (χ4v) is 2.58. The van der Waals surface area contributed by atoms with Crippen LogP contribution in [-0.2, 0) is 0 Å². The van der Waals surface area contributed by atoms with Crippen molar-refractivity contribution in [1.29, 1.82) is 0 Å². The van der Waals surface area contributed by atoms with E-state index in [1.54, 1.807) is 12.3 Å². The number of non-ortho nitro benzene ring substituents is 1. The van der Waals surface area contributed by atoms with Gasteiger partial charge in [-0.2, -0.15) is 5.10 Å². The van der Waals surface area contributed by atoms with Crippen LogP contribution >= 0.6 is 0 Å². The van der Waals surface area contributed by atoms with Crippen molar-refractivity contribution in [1.82, 2.24) is 5.01 Å². The molecule has 0 aromatic heterocycles. The Morgan fingerprint density at radius 1 is 1.00 bits per heavy atom. The Kier molecular flexibility index (Phi) is 4.52. The molecule has 0 unspecified atom stereocenters. The molecule has 0 N–H and O–H groups in total. The Balaban J connectivity index is 1.58. The summed E-state index contributed by atoms with van der Waals surface area (Å²) in [6.45, 7) is 3.49. The van der Waals surface area contributed by atoms with Gasteiger partial charge in [-0.25, -0.2) is 0 Å². The molecule has 1 aliphatic rings. The molecule has 0 aliphatic carbocycles. The van der Waals surface area contributed by atoms with Crippen molar-refractivity contribution >= 4 is 17.6 Å². The summed E-state index contributed by atoms with van der Waals surface area (Å²) in [6, 6.07) is 16.8. The molecule has 1 heterocycles. The molecule has 1 saturated heterocycles. The van der Waals surface area contributed by atoms with Crippen molar-refractivity contribution in [2.75, 3.05) is 31.1 Å². The van der Waals surface area contributed by atoms with Gasteiger partial charge < -0.3 is 4.90 Å². The van der Waals surface area contributed by atoms with Crippen molar-refractivity contribution in [2.45, 2.75) is 0 Å². The predicted octanol–water partition coefficient (Wildman–Crippen LogP) is 2.75. The number of anilines is 1. The number of rotatable bonds is 4. The molecule has 118 valence electrons. The summed E-state index contributed by atoms with van der Waals surface area (Å²) in [5.74, 6) is 0. The largest absolute Gasteiger partial charge is 0.368 e. The first kappa shape index (κ1) is 15.0. The lowest BCUT2D eigenvalue weighted by atomic mass is 10.2. The number of benzene rings is 2. The molecule has 3 rings (SSSR count). The van der Waals surface area contributed by atoms with Gasteiger partial charge in [-0.15, -0.1) is 0 Å². The quantitative estimate of drug-likeness (QED) is 0.495. The molecule has 6 heteroatoms. The Bertz CT molecular complexity index is 695. The van der Waals surface area contributed by atoms with E-state index in [4.69, 9.17) is 0 Å². The normalized spacial score (nSPS) is 15.1. The van der Waals surface area contributed by atoms with E-state index in [-0.39, 0.29) is 5.69 Å². The van der Waals surface area contributed by atoms with Gasteiger partial charge in [-0.05, 0) is 12.1 Å². The molecule has 1 fully saturated rings. The average molecular weight is 310 g/mol. The zero-order valence-corrected chi connectivity index (χ0v) is 12.7. The summed E-state index contributed by atoms with van der Waals surface area (Å²) in [4.78, 5) is 12.7. The number of hydrazone groups is 1. The molecule has 0 saturated carbocycles. The van der Waals surface area contributed by atoms with Gasteiger partial charge in [0.2, 0.25) is 0 Å². The zero-order chi connectivity index (χ0) is 16.1. The van der Waals surface area contributed by atoms with E-state index in [1.165, 1.54) is 17.8 Å². The smallest absolute Gasteiger partial charge is 0.270 e. The summed E-state index contributed by atoms with van der Waals surface area (Å²) in [6.07, 6.45) is 1.69. The predicted molar refractivity (Wildman–Crippen MR) is 90.9 cm³/mol. The van der Waals surface area contributed by atoms with Gasteiger partial charge in [0.1, 0.15) is 0 Å². The third kappa shape index (κ3) is 3.85. The first-order valence-corrected chi connectivity index (χ1v) is 7.56. The van der Waals surface area contributed by atoms with E-state index in [0.717, 1.165) is 31.7 Å². The molecule has 2 aromatic rings. The van der Waals surface area contributed by atoms with Crippen molar-refractivity contribution in [3.05, 3.63) is 70.3 Å². The highest BCUT2D eigenvalue weighted by Crippen LogP contribution is 2.16. The summed E-state index contributed by atoms with van der Waals surface area (Å²) < 4.78 is 0. The summed E-state index contributed by atoms with van der Waals surface area (Å²) in [5, 5.41) is 17.2. The molecule has 0 bridgehead atoms. The van der Waals surface area contributed by atoms with Gasteiger partial charge in [-0.3, -0.25) is 15.1 Å². The summed E-state index contributed by atoms with van der Waals surface area (Å²) >= 11 is 0. The monoisotopic (exact) mass is 310 g/mol. The van der Waals surface area contributed by atoms with E-state index >= 15 is 0 Å². The minimum Gasteiger partial charge on any atom is -0.368 e. The molecule has 0 spiro atoms. The van der Waals surface area contributed by atoms with Gasteiger partial charge in [0.05, 0.1) is 24.2 Å². The second-order valence-electron chi connectivity index (χ2n) is 5.37. The molecule has 0 atom stereocenters. The number of hydrogen-bond donors (Lipinski definition) is 0. The standard InChI is InChI=1S/C17H18N4O2/c22-21(23)17-8-4-5-15(13-17)14-18-20-11-9-19(10-12-20)16-6-2-1-3-7-16/h1-8,13-14H,9-12H2/b18-14-. The van der Waals surface area contributed by atoms with Crippen LogP contribution in [0.5, 0.6) is 0 Å². The number of piperazine rings is 1. The summed E-state index contributed by atoms with van der Waals surface area (Å²) in [5.41, 5.74) is 2.06. The second-order valence-corrected chi connectivity index (χ2v) is 5.37. The SMILES string of the molecule is O=[N+]([O-])c1cccc(/C=N\N2CCN(c3ccccc3)CC2)c1. The lowest BCUT2D eigenvalue weighted by Crippen LogP contribution is -2.44. The van der Waals surface area contributed by atoms with E-state index in [0.29, 0.717) is 0 Å². The first-order chi connectivity index (χ1) is 11.2. The van der Waals surface area contributed by atoms with Crippen molar-refractivity contribution in [3.8, 4) is 0 Å². The van der Waals surface area contributed by atoms with Crippen LogP contribution in [0, 0.1) is 10.1 Å². The topological polar surface area (TPSA) is 62.0 Å². The number of nitrogens with zero attached hydrogens (tertiary/aromatic N) is 4. The van der Waals surface area contributed by atoms with Gasteiger partial charge in [-0.1, -0.05) is 30.3 Å². The highest BCUT2D eigenvalue weighted by molar-refractivity contribution is 5.80. The average Bonchev–Trinajstić information content (AvgIpc) is 2.61. The first-order valence-electron chi connectivity index (χ1n) is 7.56. The van der Waals surface area contributed by atoms with Crippen LogP contribution in [0.15, 0.2) is 59.7 Å². The minimum absolute atomic E-state index is 0.0860. The van der Waals surface area contributed by atoms with Gasteiger partial charge in [0.15, 0.2) is 0 Å². The number of para-hydroxylation sites is 1. The Morgan fingerprint density at radius 2 is 1.74 bits per heavy atom. The van der Waals surface area contributed by atoms with Crippen molar-refractivity contribution in [2.24, 2.45) is 5.10 Å². The molecule has 0 radical (unpaired) electrons. The van der Waals surface area contributed by atoms with Gasteiger partial charge in [0, 0.05) is 36.5 Å². The maximum Gasteiger partial charge on any atom is 0.270 e. The molecule has 23 heavy (non-hydrogen) atoms. The summed E-state index contributed by atoms with van der Waals surface area (Å²) in [7, 11) is 0. The van der Waals surface area contributed by atoms with E-state index < -0.39 is 4.92 Å². The van der Waals surface area contributed by atoms with E-state index in [2.05, 4.69) is 22.1 Å². The van der Waals surface area contributed by atoms with Crippen LogP contribution in [0.1, 0.15) is 5.56 Å². The molecule has 1 aliphatic heterocycles. The highest BCUT2D eigenvalue weighted by Gasteiger charge is 2.15. The Labute approximate surface area is 134 Å². The van der Waals surface area contributed by atoms with E-state index in [1.807, 2.05) is 29.3 Å². The van der Waals surface area contributed by atoms with Crippen LogP contribution in [0.2, 0.25) is 0 Å². The number of nitro benzene ring substituents is 1. The lowest BCUT2D eigenvalue weighted by molar-refractivity contribution is -0.384. The molecule has 2 aromatic carbocycles. The van der Waals surface area contributed by atoms with Crippen LogP contribution in [-0.4, -0.2) is 42.3 Å². The molecular formula is C17H18N4O2. The van der Waals surface area contributed by atoms with Gasteiger partial charge >= 0.3 is 0 Å². The number of nitro groups is 1. The Morgan fingerprint density at radius 3 is 2.43 bits per heavy atom. The zero-order valence-electron chi connectivity index (χ0n) is 12.7. The number of hydrogen-bond acceptors (Lipinski definition) is 5. The van der Waals surface area contributed by atoms with Crippen LogP contribution < -0.4 is 4.90 Å². The molecule has 6 nitrogen and oxygen atoms in total. The Hall–Kier alpha value is -2.89. The van der Waals surface area contributed by atoms with Crippen molar-refractivity contribution < 1.29 is 4.92 Å². The maximum absolute atomic E-state index is 10.8. The van der Waals surface area contributed by atoms with Crippen LogP contribution in [0.3, 0.4) is 0 Å². The van der Waals surface area contributed by atoms with Crippen LogP contribution in [0.25, 0.3) is 0 Å². The lowest BCUT2D eigenvalue weighted by Gasteiger charge is -2.34. The third-order valence-corrected chi connectivity index (χ3v) is 3.83. The maximum atomic E-state index is 10.8. The molecule has 0 amide bonds. The minimum atomic E-state index is -0.393. The van der Waals surface area contributed by atoms with Crippen LogP contribution in [0.4, 0.5) is 11.4 Å². The highest BCUT2D eigenvalue weighted by atomic mass is 16.6. The second kappa shape index (κ2) is 6.91.